The van der Waals surface area contributed by atoms with Crippen LogP contribution in [-0.4, -0.2) is 10.8 Å². The Kier molecular flexibility index (Phi) is 2.68. The number of benzene rings is 1. The van der Waals surface area contributed by atoms with Gasteiger partial charge in [-0.25, -0.2) is 9.99 Å². The molecule has 4 heteroatoms. The molecule has 1 aromatic carbocycles. The third-order valence-electron chi connectivity index (χ3n) is 3.00. The van der Waals surface area contributed by atoms with E-state index in [0.717, 1.165) is 12.2 Å². The molecule has 18 heavy (non-hydrogen) atoms. The molecule has 0 amide bonds. The van der Waals surface area contributed by atoms with Gasteiger partial charge in [0.25, 0.3) is 0 Å². The Bertz CT molecular complexity index is 551. The Balaban J connectivity index is 1.97. The molecule has 1 aliphatic heterocycles. The molecule has 0 saturated carbocycles. The minimum Gasteiger partial charge on any atom is -0.386 e. The van der Waals surface area contributed by atoms with Gasteiger partial charge in [0.15, 0.2) is 0 Å². The quantitative estimate of drug-likeness (QED) is 0.873. The zero-order chi connectivity index (χ0) is 12.4. The van der Waals surface area contributed by atoms with Crippen molar-refractivity contribution in [3.8, 4) is 0 Å². The van der Waals surface area contributed by atoms with Crippen LogP contribution in [0.2, 0.25) is 0 Å². The zero-order valence-electron chi connectivity index (χ0n) is 9.90. The summed E-state index contributed by atoms with van der Waals surface area (Å²) in [5.41, 5.74) is 7.07. The lowest BCUT2D eigenvalue weighted by Gasteiger charge is -2.22. The zero-order valence-corrected chi connectivity index (χ0v) is 9.90. The number of nitrogens with two attached hydrogens (primary N) is 1. The molecule has 0 spiro atoms. The Morgan fingerprint density at radius 1 is 1.06 bits per heavy atom. The van der Waals surface area contributed by atoms with Gasteiger partial charge in [-0.05, 0) is 17.7 Å². The van der Waals surface area contributed by atoms with Crippen LogP contribution >= 0.6 is 0 Å². The Morgan fingerprint density at radius 2 is 1.83 bits per heavy atom. The van der Waals surface area contributed by atoms with Crippen molar-refractivity contribution in [2.24, 2.45) is 10.8 Å². The third kappa shape index (κ3) is 1.93. The standard InChI is InChI=1S/C14H14N4/c15-13-10-12(11-6-2-1-3-7-11)18(17-13)14-8-4-5-9-16-14/h1-9,12H,10H2,(H2,15,17). The molecule has 2 aromatic rings. The van der Waals surface area contributed by atoms with Crippen molar-refractivity contribution in [1.29, 1.82) is 0 Å². The predicted molar refractivity (Wildman–Crippen MR) is 72.1 cm³/mol. The third-order valence-corrected chi connectivity index (χ3v) is 3.00. The molecule has 1 aliphatic rings. The van der Waals surface area contributed by atoms with Gasteiger partial charge >= 0.3 is 0 Å². The molecule has 1 atom stereocenters. The highest BCUT2D eigenvalue weighted by Crippen LogP contribution is 2.32. The smallest absolute Gasteiger partial charge is 0.149 e. The highest BCUT2D eigenvalue weighted by atomic mass is 15.5. The lowest BCUT2D eigenvalue weighted by Crippen LogP contribution is -2.19. The summed E-state index contributed by atoms with van der Waals surface area (Å²) in [6.45, 7) is 0. The lowest BCUT2D eigenvalue weighted by molar-refractivity contribution is 0.698. The van der Waals surface area contributed by atoms with Gasteiger partial charge < -0.3 is 5.73 Å². The lowest BCUT2D eigenvalue weighted by atomic mass is 10.0. The van der Waals surface area contributed by atoms with Crippen LogP contribution in [-0.2, 0) is 0 Å². The molecule has 2 heterocycles. The molecule has 90 valence electrons. The molecule has 1 aromatic heterocycles. The van der Waals surface area contributed by atoms with Gasteiger partial charge in [-0.15, -0.1) is 0 Å². The van der Waals surface area contributed by atoms with Crippen LogP contribution in [0.1, 0.15) is 18.0 Å². The number of nitrogens with zero attached hydrogens (tertiary/aromatic N) is 3. The van der Waals surface area contributed by atoms with Crippen LogP contribution in [0.3, 0.4) is 0 Å². The largest absolute Gasteiger partial charge is 0.386 e. The highest BCUT2D eigenvalue weighted by molar-refractivity contribution is 5.85. The molecule has 0 saturated heterocycles. The van der Waals surface area contributed by atoms with Crippen LogP contribution in [0, 0.1) is 0 Å². The SMILES string of the molecule is NC1=NN(c2ccccn2)C(c2ccccc2)C1. The van der Waals surface area contributed by atoms with Crippen molar-refractivity contribution >= 4 is 11.7 Å². The van der Waals surface area contributed by atoms with Crippen molar-refractivity contribution in [2.75, 3.05) is 5.01 Å². The van der Waals surface area contributed by atoms with E-state index in [1.54, 1.807) is 6.20 Å². The second-order valence-corrected chi connectivity index (χ2v) is 4.25. The monoisotopic (exact) mass is 238 g/mol. The first kappa shape index (κ1) is 10.8. The number of rotatable bonds is 2. The van der Waals surface area contributed by atoms with E-state index in [9.17, 15) is 0 Å². The van der Waals surface area contributed by atoms with Crippen molar-refractivity contribution < 1.29 is 0 Å². The fourth-order valence-electron chi connectivity index (χ4n) is 2.17. The molecule has 4 nitrogen and oxygen atoms in total. The van der Waals surface area contributed by atoms with E-state index in [4.69, 9.17) is 5.73 Å². The Labute approximate surface area is 106 Å². The molecule has 0 bridgehead atoms. The summed E-state index contributed by atoms with van der Waals surface area (Å²) in [5.74, 6) is 1.47. The number of hydrogen-bond donors (Lipinski definition) is 1. The van der Waals surface area contributed by atoms with Crippen LogP contribution in [0.4, 0.5) is 5.82 Å². The van der Waals surface area contributed by atoms with Gasteiger partial charge in [-0.2, -0.15) is 5.10 Å². The average Bonchev–Trinajstić information content (AvgIpc) is 2.83. The van der Waals surface area contributed by atoms with Gasteiger partial charge in [-0.3, -0.25) is 0 Å². The van der Waals surface area contributed by atoms with Gasteiger partial charge in [-0.1, -0.05) is 36.4 Å². The van der Waals surface area contributed by atoms with Gasteiger partial charge in [0.05, 0.1) is 6.04 Å². The maximum absolute atomic E-state index is 5.87. The number of amidine groups is 1. The minimum atomic E-state index is 0.140. The first-order chi connectivity index (χ1) is 8.84. The summed E-state index contributed by atoms with van der Waals surface area (Å²) in [7, 11) is 0. The summed E-state index contributed by atoms with van der Waals surface area (Å²) in [6, 6.07) is 16.2. The number of aromatic nitrogens is 1. The molecule has 0 radical (unpaired) electrons. The van der Waals surface area contributed by atoms with Crippen LogP contribution < -0.4 is 10.7 Å². The maximum atomic E-state index is 5.87. The van der Waals surface area contributed by atoms with Gasteiger partial charge in [0.2, 0.25) is 0 Å². The molecular weight excluding hydrogens is 224 g/mol. The summed E-state index contributed by atoms with van der Waals surface area (Å²) < 4.78 is 0. The second-order valence-electron chi connectivity index (χ2n) is 4.25. The summed E-state index contributed by atoms with van der Waals surface area (Å²) >= 11 is 0. The highest BCUT2D eigenvalue weighted by Gasteiger charge is 2.28. The first-order valence-electron chi connectivity index (χ1n) is 5.93. The van der Waals surface area contributed by atoms with E-state index >= 15 is 0 Å². The number of pyridine rings is 1. The van der Waals surface area contributed by atoms with Crippen LogP contribution in [0.15, 0.2) is 59.8 Å². The fourth-order valence-corrected chi connectivity index (χ4v) is 2.17. The Morgan fingerprint density at radius 3 is 2.56 bits per heavy atom. The second kappa shape index (κ2) is 4.49. The molecule has 0 aliphatic carbocycles. The molecular formula is C14H14N4. The summed E-state index contributed by atoms with van der Waals surface area (Å²) in [6.07, 6.45) is 2.50. The van der Waals surface area contributed by atoms with Crippen molar-refractivity contribution in [2.45, 2.75) is 12.5 Å². The van der Waals surface area contributed by atoms with E-state index in [-0.39, 0.29) is 6.04 Å². The number of hydrazone groups is 1. The van der Waals surface area contributed by atoms with Gasteiger partial charge in [0.1, 0.15) is 11.7 Å². The molecule has 0 fully saturated rings. The average molecular weight is 238 g/mol. The molecule has 3 rings (SSSR count). The van der Waals surface area contributed by atoms with E-state index in [0.29, 0.717) is 5.84 Å². The van der Waals surface area contributed by atoms with Crippen LogP contribution in [0.25, 0.3) is 0 Å². The predicted octanol–water partition coefficient (Wildman–Crippen LogP) is 2.31. The topological polar surface area (TPSA) is 54.5 Å². The number of hydrogen-bond acceptors (Lipinski definition) is 4. The van der Waals surface area contributed by atoms with Crippen molar-refractivity contribution in [1.82, 2.24) is 4.98 Å². The van der Waals surface area contributed by atoms with E-state index < -0.39 is 0 Å². The van der Waals surface area contributed by atoms with Crippen LogP contribution in [0.5, 0.6) is 0 Å². The first-order valence-corrected chi connectivity index (χ1v) is 5.93. The fraction of sp³-hybridized carbons (Fsp3) is 0.143. The van der Waals surface area contributed by atoms with E-state index in [2.05, 4.69) is 22.2 Å². The van der Waals surface area contributed by atoms with Crippen molar-refractivity contribution in [3.05, 3.63) is 60.3 Å². The normalized spacial score (nSPS) is 18.8. The van der Waals surface area contributed by atoms with E-state index in [1.165, 1.54) is 5.56 Å². The number of anilines is 1. The molecule has 1 unspecified atom stereocenters. The summed E-state index contributed by atoms with van der Waals surface area (Å²) in [5, 5.41) is 6.28. The summed E-state index contributed by atoms with van der Waals surface area (Å²) in [4.78, 5) is 4.33. The maximum Gasteiger partial charge on any atom is 0.149 e. The van der Waals surface area contributed by atoms with E-state index in [1.807, 2.05) is 41.4 Å². The van der Waals surface area contributed by atoms with Crippen molar-refractivity contribution in [3.63, 3.8) is 0 Å². The van der Waals surface area contributed by atoms with Gasteiger partial charge in [0, 0.05) is 12.6 Å². The Hall–Kier alpha value is -2.36. The minimum absolute atomic E-state index is 0.140. The molecule has 2 N–H and O–H groups in total.